The van der Waals surface area contributed by atoms with Crippen LogP contribution >= 0.6 is 0 Å². The molecule has 3 heterocycles. The first-order valence-corrected chi connectivity index (χ1v) is 10.2. The number of anilines is 2. The number of aromatic nitrogens is 4. The Hall–Kier alpha value is -4.34. The summed E-state index contributed by atoms with van der Waals surface area (Å²) >= 11 is 0. The predicted molar refractivity (Wildman–Crippen MR) is 117 cm³/mol. The molecule has 1 aliphatic carbocycles. The molecular formula is C23H19FN6O3. The lowest BCUT2D eigenvalue weighted by molar-refractivity contribution is -0.133. The number of nitrogens with two attached hydrogens (primary N) is 1. The van der Waals surface area contributed by atoms with Crippen molar-refractivity contribution in [1.29, 1.82) is 0 Å². The highest BCUT2D eigenvalue weighted by atomic mass is 19.1. The number of rotatable bonds is 6. The van der Waals surface area contributed by atoms with Gasteiger partial charge in [0.2, 0.25) is 17.7 Å². The third-order valence-electron chi connectivity index (χ3n) is 5.72. The first kappa shape index (κ1) is 20.6. The first-order chi connectivity index (χ1) is 15.9. The van der Waals surface area contributed by atoms with Gasteiger partial charge in [0.1, 0.15) is 17.0 Å². The van der Waals surface area contributed by atoms with Crippen LogP contribution in [-0.4, -0.2) is 32.0 Å². The van der Waals surface area contributed by atoms with Crippen LogP contribution in [0.3, 0.4) is 0 Å². The Morgan fingerprint density at radius 1 is 1.09 bits per heavy atom. The van der Waals surface area contributed by atoms with E-state index in [1.807, 2.05) is 6.92 Å². The number of hydrogen-bond donors (Lipinski definition) is 2. The Morgan fingerprint density at radius 3 is 2.45 bits per heavy atom. The fourth-order valence-electron chi connectivity index (χ4n) is 3.71. The molecule has 5 rings (SSSR count). The van der Waals surface area contributed by atoms with Crippen LogP contribution in [-0.2, 0) is 9.59 Å². The third-order valence-corrected chi connectivity index (χ3v) is 5.72. The van der Waals surface area contributed by atoms with Gasteiger partial charge in [0.15, 0.2) is 5.65 Å². The van der Waals surface area contributed by atoms with Crippen molar-refractivity contribution >= 4 is 34.2 Å². The van der Waals surface area contributed by atoms with E-state index in [1.165, 1.54) is 35.4 Å². The van der Waals surface area contributed by atoms with Crippen molar-refractivity contribution in [2.75, 3.05) is 4.90 Å². The molecule has 0 spiro atoms. The van der Waals surface area contributed by atoms with Gasteiger partial charge in [0.05, 0.1) is 23.0 Å². The highest BCUT2D eigenvalue weighted by molar-refractivity contribution is 6.16. The lowest BCUT2D eigenvalue weighted by Crippen LogP contribution is -2.41. The second-order valence-corrected chi connectivity index (χ2v) is 7.86. The molecule has 0 unspecified atom stereocenters. The van der Waals surface area contributed by atoms with Crippen molar-refractivity contribution in [2.45, 2.75) is 19.8 Å². The number of primary amides is 1. The number of aromatic amines is 1. The van der Waals surface area contributed by atoms with Crippen LogP contribution in [0.1, 0.15) is 18.5 Å². The molecule has 2 amide bonds. The van der Waals surface area contributed by atoms with E-state index in [2.05, 4.69) is 20.2 Å². The number of benzene rings is 1. The van der Waals surface area contributed by atoms with Crippen molar-refractivity contribution in [3.63, 3.8) is 0 Å². The fourth-order valence-corrected chi connectivity index (χ4v) is 3.71. The lowest BCUT2D eigenvalue weighted by Gasteiger charge is -2.26. The zero-order valence-electron chi connectivity index (χ0n) is 17.6. The van der Waals surface area contributed by atoms with Crippen LogP contribution in [0.2, 0.25) is 0 Å². The minimum absolute atomic E-state index is 0.286. The molecule has 0 aliphatic heterocycles. The maximum Gasteiger partial charge on any atom is 0.247 e. The molecule has 1 saturated carbocycles. The summed E-state index contributed by atoms with van der Waals surface area (Å²) in [6.07, 6.45) is 3.79. The summed E-state index contributed by atoms with van der Waals surface area (Å²) in [5.74, 6) is -0.771. The third kappa shape index (κ3) is 3.55. The number of fused-ring (bicyclic) bond motifs is 1. The first-order valence-electron chi connectivity index (χ1n) is 10.2. The van der Waals surface area contributed by atoms with Gasteiger partial charge in [-0.1, -0.05) is 0 Å². The van der Waals surface area contributed by atoms with Gasteiger partial charge >= 0.3 is 0 Å². The Kier molecular flexibility index (Phi) is 4.77. The highest BCUT2D eigenvalue weighted by Crippen LogP contribution is 2.49. The molecule has 10 heteroatoms. The summed E-state index contributed by atoms with van der Waals surface area (Å²) in [5.41, 5.74) is 6.38. The number of halogens is 1. The van der Waals surface area contributed by atoms with E-state index in [9.17, 15) is 14.0 Å². The molecule has 0 atom stereocenters. The van der Waals surface area contributed by atoms with Gasteiger partial charge in [0.25, 0.3) is 0 Å². The maximum absolute atomic E-state index is 13.5. The average molecular weight is 446 g/mol. The monoisotopic (exact) mass is 446 g/mol. The number of nitrogens with one attached hydrogen (secondary N) is 1. The van der Waals surface area contributed by atoms with Crippen molar-refractivity contribution in [1.82, 2.24) is 20.2 Å². The summed E-state index contributed by atoms with van der Waals surface area (Å²) in [7, 11) is 0. The fraction of sp³-hybridized carbons (Fsp3) is 0.174. The van der Waals surface area contributed by atoms with E-state index < -0.39 is 23.0 Å². The lowest BCUT2D eigenvalue weighted by atomic mass is 10.0. The molecular weight excluding hydrogens is 427 g/mol. The van der Waals surface area contributed by atoms with Gasteiger partial charge in [-0.25, -0.2) is 14.4 Å². The predicted octanol–water partition coefficient (Wildman–Crippen LogP) is 3.52. The molecule has 3 aromatic heterocycles. The number of carbonyl (C=O) groups is 2. The number of H-pyrrole nitrogens is 1. The number of ether oxygens (including phenoxy) is 1. The number of amides is 2. The van der Waals surface area contributed by atoms with Crippen LogP contribution < -0.4 is 15.4 Å². The van der Waals surface area contributed by atoms with E-state index in [4.69, 9.17) is 10.5 Å². The summed E-state index contributed by atoms with van der Waals surface area (Å²) in [4.78, 5) is 35.2. The topological polar surface area (TPSA) is 127 Å². The molecule has 0 bridgehead atoms. The molecule has 33 heavy (non-hydrogen) atoms. The Labute approximate surface area is 187 Å². The second kappa shape index (κ2) is 7.66. The number of pyridine rings is 2. The smallest absolute Gasteiger partial charge is 0.247 e. The van der Waals surface area contributed by atoms with Gasteiger partial charge < -0.3 is 10.5 Å². The molecule has 4 aromatic rings. The molecule has 1 aliphatic rings. The largest absolute Gasteiger partial charge is 0.438 e. The van der Waals surface area contributed by atoms with Crippen molar-refractivity contribution in [3.05, 3.63) is 66.4 Å². The van der Waals surface area contributed by atoms with Crippen LogP contribution in [0.25, 0.3) is 11.0 Å². The van der Waals surface area contributed by atoms with E-state index >= 15 is 0 Å². The van der Waals surface area contributed by atoms with E-state index in [0.29, 0.717) is 35.6 Å². The maximum atomic E-state index is 13.5. The average Bonchev–Trinajstić information content (AvgIpc) is 3.55. The van der Waals surface area contributed by atoms with E-state index in [-0.39, 0.29) is 5.88 Å². The molecule has 1 fully saturated rings. The number of nitrogens with zero attached hydrogens (tertiary/aromatic N) is 4. The number of hydrogen-bond acceptors (Lipinski definition) is 6. The van der Waals surface area contributed by atoms with Crippen LogP contribution in [0.5, 0.6) is 11.6 Å². The zero-order chi connectivity index (χ0) is 23.2. The Balaban J connectivity index is 1.49. The Bertz CT molecular complexity index is 1360. The van der Waals surface area contributed by atoms with E-state index in [1.54, 1.807) is 24.4 Å². The second-order valence-electron chi connectivity index (χ2n) is 7.86. The molecule has 1 aromatic carbocycles. The molecule has 9 nitrogen and oxygen atoms in total. The molecule has 3 N–H and O–H groups in total. The zero-order valence-corrected chi connectivity index (χ0v) is 17.6. The summed E-state index contributed by atoms with van der Waals surface area (Å²) in [6, 6.07) is 10.4. The van der Waals surface area contributed by atoms with Crippen molar-refractivity contribution in [2.24, 2.45) is 11.1 Å². The van der Waals surface area contributed by atoms with Crippen LogP contribution in [0.15, 0.2) is 54.9 Å². The van der Waals surface area contributed by atoms with Gasteiger partial charge in [-0.3, -0.25) is 19.6 Å². The highest BCUT2D eigenvalue weighted by Gasteiger charge is 2.57. The van der Waals surface area contributed by atoms with E-state index in [0.717, 1.165) is 11.1 Å². The summed E-state index contributed by atoms with van der Waals surface area (Å²) < 4.78 is 19.4. The van der Waals surface area contributed by atoms with Gasteiger partial charge in [-0.15, -0.1) is 0 Å². The number of aryl methyl sites for hydroxylation is 1. The van der Waals surface area contributed by atoms with Crippen LogP contribution in [0, 0.1) is 18.2 Å². The molecule has 0 saturated heterocycles. The van der Waals surface area contributed by atoms with Crippen LogP contribution in [0.4, 0.5) is 15.8 Å². The SMILES string of the molecule is Cc1n[nH]c2nccc(Oc3ccc(N(C(=O)C4(C(N)=O)CC4)c4ccc(F)cc4)cn3)c12. The Morgan fingerprint density at radius 2 is 1.82 bits per heavy atom. The van der Waals surface area contributed by atoms with Crippen molar-refractivity contribution < 1.29 is 18.7 Å². The van der Waals surface area contributed by atoms with Gasteiger partial charge in [-0.2, -0.15) is 5.10 Å². The standard InChI is InChI=1S/C23H19FN6O3/c1-13-19-17(8-11-26-20(19)29-28-13)33-18-7-6-16(12-27-18)30(15-4-2-14(24)3-5-15)22(32)23(9-10-23)21(25)31/h2-8,11-12H,9-10H2,1H3,(H2,25,31)(H,26,28,29). The minimum Gasteiger partial charge on any atom is -0.438 e. The van der Waals surface area contributed by atoms with Gasteiger partial charge in [-0.05, 0) is 50.1 Å². The summed E-state index contributed by atoms with van der Waals surface area (Å²) in [6.45, 7) is 1.84. The summed E-state index contributed by atoms with van der Waals surface area (Å²) in [5, 5.41) is 7.71. The molecule has 0 radical (unpaired) electrons. The normalized spacial score (nSPS) is 14.1. The minimum atomic E-state index is -1.26. The number of carbonyl (C=O) groups excluding carboxylic acids is 2. The van der Waals surface area contributed by atoms with Gasteiger partial charge in [0, 0.05) is 24.0 Å². The van der Waals surface area contributed by atoms with Crippen molar-refractivity contribution in [3.8, 4) is 11.6 Å². The quantitative estimate of drug-likeness (QED) is 0.436. The molecule has 166 valence electrons.